The van der Waals surface area contributed by atoms with Gasteiger partial charge in [-0.25, -0.2) is 19.6 Å². The summed E-state index contributed by atoms with van der Waals surface area (Å²) in [6, 6.07) is -0.328. The highest BCUT2D eigenvalue weighted by Crippen LogP contribution is 2.12. The van der Waals surface area contributed by atoms with E-state index in [1.807, 2.05) is 0 Å². The molecule has 1 aromatic heterocycles. The lowest BCUT2D eigenvalue weighted by Gasteiger charge is -2.15. The van der Waals surface area contributed by atoms with Crippen molar-refractivity contribution >= 4 is 17.8 Å². The zero-order valence-electron chi connectivity index (χ0n) is 9.09. The molecule has 1 aliphatic heterocycles. The van der Waals surface area contributed by atoms with Gasteiger partial charge in [-0.1, -0.05) is 0 Å². The second-order valence-electron chi connectivity index (χ2n) is 3.68. The van der Waals surface area contributed by atoms with E-state index in [1.165, 1.54) is 12.4 Å². The number of carboxylic acids is 1. The summed E-state index contributed by atoms with van der Waals surface area (Å²) in [7, 11) is 0. The molecule has 1 fully saturated rings. The molecule has 1 saturated heterocycles. The minimum absolute atomic E-state index is 0.0168. The molecule has 2 heterocycles. The number of aromatic carboxylic acids is 1. The molecule has 1 aliphatic rings. The average molecular weight is 236 g/mol. The Balaban J connectivity index is 2.12. The van der Waals surface area contributed by atoms with E-state index >= 15 is 0 Å². The van der Waals surface area contributed by atoms with Gasteiger partial charge in [-0.2, -0.15) is 0 Å². The van der Waals surface area contributed by atoms with Gasteiger partial charge in [0.1, 0.15) is 0 Å². The van der Waals surface area contributed by atoms with Crippen LogP contribution in [0.1, 0.15) is 23.3 Å². The van der Waals surface area contributed by atoms with Crippen LogP contribution in [-0.4, -0.2) is 45.1 Å². The average Bonchev–Trinajstić information content (AvgIpc) is 2.83. The largest absolute Gasteiger partial charge is 0.476 e. The first-order valence-corrected chi connectivity index (χ1v) is 5.28. The van der Waals surface area contributed by atoms with Gasteiger partial charge in [-0.15, -0.1) is 0 Å². The molecular formula is C10H12N4O3. The molecule has 0 aliphatic carbocycles. The Labute approximate surface area is 97.5 Å². The number of amides is 2. The van der Waals surface area contributed by atoms with Crippen molar-refractivity contribution in [3.05, 3.63) is 18.1 Å². The molecule has 2 N–H and O–H groups in total. The number of rotatable bonds is 2. The number of nitrogens with one attached hydrogen (secondary N) is 1. The van der Waals surface area contributed by atoms with Gasteiger partial charge in [0, 0.05) is 25.5 Å². The summed E-state index contributed by atoms with van der Waals surface area (Å²) >= 11 is 0. The minimum atomic E-state index is -1.21. The lowest BCUT2D eigenvalue weighted by molar-refractivity contribution is 0.0691. The first-order valence-electron chi connectivity index (χ1n) is 5.28. The predicted molar refractivity (Wildman–Crippen MR) is 58.8 cm³/mol. The SMILES string of the molecule is O=C(O)c1nccnc1NC(=O)N1CCCC1. The van der Waals surface area contributed by atoms with Gasteiger partial charge in [0.2, 0.25) is 0 Å². The Hall–Kier alpha value is -2.18. The molecule has 0 spiro atoms. The van der Waals surface area contributed by atoms with Crippen LogP contribution in [-0.2, 0) is 0 Å². The first-order chi connectivity index (χ1) is 8.18. The molecule has 17 heavy (non-hydrogen) atoms. The molecule has 2 rings (SSSR count). The van der Waals surface area contributed by atoms with Gasteiger partial charge in [0.15, 0.2) is 11.5 Å². The monoisotopic (exact) mass is 236 g/mol. The van der Waals surface area contributed by atoms with Crippen LogP contribution in [0.2, 0.25) is 0 Å². The summed E-state index contributed by atoms with van der Waals surface area (Å²) < 4.78 is 0. The maximum absolute atomic E-state index is 11.7. The third kappa shape index (κ3) is 2.49. The molecule has 2 amide bonds. The number of anilines is 1. The lowest BCUT2D eigenvalue weighted by Crippen LogP contribution is -2.33. The number of carboxylic acid groups (broad SMARTS) is 1. The molecule has 1 aromatic rings. The van der Waals surface area contributed by atoms with Gasteiger partial charge in [-0.05, 0) is 12.8 Å². The van der Waals surface area contributed by atoms with Crippen molar-refractivity contribution in [3.63, 3.8) is 0 Å². The number of carbonyl (C=O) groups excluding carboxylic acids is 1. The van der Waals surface area contributed by atoms with Crippen molar-refractivity contribution in [2.75, 3.05) is 18.4 Å². The fraction of sp³-hybridized carbons (Fsp3) is 0.400. The zero-order chi connectivity index (χ0) is 12.3. The van der Waals surface area contributed by atoms with E-state index < -0.39 is 5.97 Å². The van der Waals surface area contributed by atoms with Crippen LogP contribution in [0.15, 0.2) is 12.4 Å². The Morgan fingerprint density at radius 1 is 1.24 bits per heavy atom. The lowest BCUT2D eigenvalue weighted by atomic mass is 10.4. The number of carbonyl (C=O) groups is 2. The van der Waals surface area contributed by atoms with Crippen molar-refractivity contribution < 1.29 is 14.7 Å². The molecule has 90 valence electrons. The van der Waals surface area contributed by atoms with Crippen LogP contribution in [0.25, 0.3) is 0 Å². The highest BCUT2D eigenvalue weighted by Gasteiger charge is 2.21. The summed E-state index contributed by atoms with van der Waals surface area (Å²) in [5.74, 6) is -1.23. The van der Waals surface area contributed by atoms with Gasteiger partial charge in [0.25, 0.3) is 0 Å². The van der Waals surface area contributed by atoms with Gasteiger partial charge < -0.3 is 10.0 Å². The Morgan fingerprint density at radius 2 is 1.88 bits per heavy atom. The fourth-order valence-corrected chi connectivity index (χ4v) is 1.69. The summed E-state index contributed by atoms with van der Waals surface area (Å²) in [6.07, 6.45) is 4.56. The Kier molecular flexibility index (Phi) is 3.17. The number of aromatic nitrogens is 2. The third-order valence-electron chi connectivity index (χ3n) is 2.52. The quantitative estimate of drug-likeness (QED) is 0.791. The molecule has 0 radical (unpaired) electrons. The van der Waals surface area contributed by atoms with Crippen LogP contribution >= 0.6 is 0 Å². The maximum atomic E-state index is 11.7. The molecule has 0 atom stereocenters. The van der Waals surface area contributed by atoms with E-state index in [2.05, 4.69) is 15.3 Å². The van der Waals surface area contributed by atoms with Crippen LogP contribution in [0.3, 0.4) is 0 Å². The molecule has 0 saturated carbocycles. The van der Waals surface area contributed by atoms with Gasteiger partial charge >= 0.3 is 12.0 Å². The molecule has 7 nitrogen and oxygen atoms in total. The highest BCUT2D eigenvalue weighted by molar-refractivity contribution is 5.97. The van der Waals surface area contributed by atoms with Crippen molar-refractivity contribution in [2.45, 2.75) is 12.8 Å². The number of hydrogen-bond acceptors (Lipinski definition) is 4. The summed E-state index contributed by atoms with van der Waals surface area (Å²) in [4.78, 5) is 31.7. The summed E-state index contributed by atoms with van der Waals surface area (Å²) in [5.41, 5.74) is -0.250. The third-order valence-corrected chi connectivity index (χ3v) is 2.52. The van der Waals surface area contributed by atoms with Crippen LogP contribution in [0, 0.1) is 0 Å². The van der Waals surface area contributed by atoms with Crippen molar-refractivity contribution in [2.24, 2.45) is 0 Å². The van der Waals surface area contributed by atoms with E-state index in [0.29, 0.717) is 13.1 Å². The van der Waals surface area contributed by atoms with Crippen molar-refractivity contribution in [1.29, 1.82) is 0 Å². The van der Waals surface area contributed by atoms with Gasteiger partial charge in [0.05, 0.1) is 0 Å². The van der Waals surface area contributed by atoms with Gasteiger partial charge in [-0.3, -0.25) is 5.32 Å². The predicted octanol–water partition coefficient (Wildman–Crippen LogP) is 0.802. The number of urea groups is 1. The van der Waals surface area contributed by atoms with E-state index in [1.54, 1.807) is 4.90 Å². The molecular weight excluding hydrogens is 224 g/mol. The second kappa shape index (κ2) is 4.77. The maximum Gasteiger partial charge on any atom is 0.358 e. The van der Waals surface area contributed by atoms with E-state index in [0.717, 1.165) is 12.8 Å². The highest BCUT2D eigenvalue weighted by atomic mass is 16.4. The van der Waals surface area contributed by atoms with E-state index in [-0.39, 0.29) is 17.5 Å². The number of likely N-dealkylation sites (tertiary alicyclic amines) is 1. The Morgan fingerprint density at radius 3 is 2.53 bits per heavy atom. The second-order valence-corrected chi connectivity index (χ2v) is 3.68. The molecule has 0 bridgehead atoms. The van der Waals surface area contributed by atoms with E-state index in [9.17, 15) is 9.59 Å². The smallest absolute Gasteiger partial charge is 0.358 e. The molecule has 0 aromatic carbocycles. The zero-order valence-corrected chi connectivity index (χ0v) is 9.09. The number of hydrogen-bond donors (Lipinski definition) is 2. The van der Waals surface area contributed by atoms with Crippen molar-refractivity contribution in [3.8, 4) is 0 Å². The van der Waals surface area contributed by atoms with Crippen LogP contribution in [0.5, 0.6) is 0 Å². The van der Waals surface area contributed by atoms with Crippen molar-refractivity contribution in [1.82, 2.24) is 14.9 Å². The normalized spacial score (nSPS) is 14.7. The van der Waals surface area contributed by atoms with Crippen LogP contribution in [0.4, 0.5) is 10.6 Å². The topological polar surface area (TPSA) is 95.4 Å². The molecule has 0 unspecified atom stereocenters. The number of nitrogens with zero attached hydrogens (tertiary/aromatic N) is 3. The minimum Gasteiger partial charge on any atom is -0.476 e. The standard InChI is InChI=1S/C10H12N4O3/c15-9(16)7-8(12-4-3-11-7)13-10(17)14-5-1-2-6-14/h3-4H,1-2,5-6H2,(H,15,16)(H,12,13,17). The van der Waals surface area contributed by atoms with Crippen LogP contribution < -0.4 is 5.32 Å². The summed E-state index contributed by atoms with van der Waals surface area (Å²) in [5, 5.41) is 11.3. The summed E-state index contributed by atoms with van der Waals surface area (Å²) in [6.45, 7) is 1.38. The molecule has 7 heteroatoms. The Bertz CT molecular complexity index is 443. The first kappa shape index (κ1) is 11.3. The fourth-order valence-electron chi connectivity index (χ4n) is 1.69. The van der Waals surface area contributed by atoms with E-state index in [4.69, 9.17) is 5.11 Å².